The van der Waals surface area contributed by atoms with Crippen LogP contribution in [0.4, 0.5) is 20.6 Å². The summed E-state index contributed by atoms with van der Waals surface area (Å²) in [7, 11) is 3.94. The summed E-state index contributed by atoms with van der Waals surface area (Å²) >= 11 is 0. The highest BCUT2D eigenvalue weighted by atomic mass is 19.1. The number of piperazine rings is 1. The molecule has 3 aromatic rings. The summed E-state index contributed by atoms with van der Waals surface area (Å²) < 4.78 is 22.5. The predicted octanol–water partition coefficient (Wildman–Crippen LogP) is 3.78. The van der Waals surface area contributed by atoms with Gasteiger partial charge in [-0.2, -0.15) is 0 Å². The first-order valence-corrected chi connectivity index (χ1v) is 19.2. The molecule has 4 amide bonds. The Morgan fingerprint density at radius 2 is 1.68 bits per heavy atom. The number of halogens is 1. The zero-order chi connectivity index (χ0) is 40.6. The van der Waals surface area contributed by atoms with Crippen molar-refractivity contribution in [2.24, 2.45) is 5.41 Å². The number of amides is 4. The molecule has 0 spiro atoms. The van der Waals surface area contributed by atoms with Gasteiger partial charge in [-0.3, -0.25) is 19.2 Å². The minimum absolute atomic E-state index is 0.0129. The van der Waals surface area contributed by atoms with Gasteiger partial charge in [0.25, 0.3) is 0 Å². The molecule has 2 aliphatic rings. The monoisotopic (exact) mass is 777 g/mol. The molecule has 0 radical (unpaired) electrons. The number of rotatable bonds is 16. The summed E-state index contributed by atoms with van der Waals surface area (Å²) in [4.78, 5) is 82.3. The van der Waals surface area contributed by atoms with Crippen molar-refractivity contribution in [2.75, 3.05) is 63.6 Å². The predicted molar refractivity (Wildman–Crippen MR) is 209 cm³/mol. The summed E-state index contributed by atoms with van der Waals surface area (Å²) in [5.41, 5.74) is -0.474. The van der Waals surface area contributed by atoms with Crippen molar-refractivity contribution < 1.29 is 38.2 Å². The van der Waals surface area contributed by atoms with Gasteiger partial charge in [0.15, 0.2) is 0 Å². The highest BCUT2D eigenvalue weighted by Crippen LogP contribution is 2.41. The Morgan fingerprint density at radius 1 is 0.982 bits per heavy atom. The van der Waals surface area contributed by atoms with Crippen molar-refractivity contribution in [1.82, 2.24) is 25.0 Å². The first-order valence-electron chi connectivity index (χ1n) is 19.2. The van der Waals surface area contributed by atoms with Crippen LogP contribution in [-0.2, 0) is 32.3 Å². The standard InChI is InChI=1S/C40H52FN7O8/c1-5-42-37(53)40(15-9-16-40)38(54)44-31(10-7-8-17-45(3)4)35(50)43-27-13-11-26(12-14-27)25-56-39(55)48-20-18-47(19-21-48)33-23-32-28(22-30(33)41)34(49)29(36(51)52)24-46(32)6-2/h11-14,22-24,31H,5-10,15-21,25H2,1-4H3,(H,42,53)(H,43,50)(H,44,54)(H,51,52). The van der Waals surface area contributed by atoms with Crippen LogP contribution in [-0.4, -0.2) is 109 Å². The third-order valence-corrected chi connectivity index (χ3v) is 10.6. The number of anilines is 2. The van der Waals surface area contributed by atoms with Gasteiger partial charge in [-0.05, 0) is 96.4 Å². The number of aromatic nitrogens is 1. The maximum Gasteiger partial charge on any atom is 0.410 e. The van der Waals surface area contributed by atoms with Gasteiger partial charge in [0.1, 0.15) is 29.4 Å². The molecule has 1 saturated carbocycles. The van der Waals surface area contributed by atoms with Crippen molar-refractivity contribution in [2.45, 2.75) is 71.6 Å². The van der Waals surface area contributed by atoms with Crippen LogP contribution >= 0.6 is 0 Å². The molecule has 4 N–H and O–H groups in total. The maximum absolute atomic E-state index is 15.3. The van der Waals surface area contributed by atoms with E-state index in [1.165, 1.54) is 11.1 Å². The first-order chi connectivity index (χ1) is 26.8. The van der Waals surface area contributed by atoms with Gasteiger partial charge in [-0.1, -0.05) is 18.6 Å². The minimum Gasteiger partial charge on any atom is -0.477 e. The maximum atomic E-state index is 15.3. The summed E-state index contributed by atoms with van der Waals surface area (Å²) in [6, 6.07) is 8.61. The zero-order valence-corrected chi connectivity index (χ0v) is 32.5. The topological polar surface area (TPSA) is 183 Å². The number of unbranched alkanes of at least 4 members (excludes halogenated alkanes) is 1. The first kappa shape index (κ1) is 41.6. The van der Waals surface area contributed by atoms with Crippen LogP contribution < -0.4 is 26.3 Å². The van der Waals surface area contributed by atoms with Crippen molar-refractivity contribution in [3.8, 4) is 0 Å². The highest BCUT2D eigenvalue weighted by molar-refractivity contribution is 6.08. The van der Waals surface area contributed by atoms with Crippen molar-refractivity contribution in [3.05, 3.63) is 69.8 Å². The van der Waals surface area contributed by atoms with Crippen LogP contribution in [0, 0.1) is 11.2 Å². The van der Waals surface area contributed by atoms with E-state index in [1.807, 2.05) is 14.1 Å². The molecule has 2 fully saturated rings. The van der Waals surface area contributed by atoms with Gasteiger partial charge in [0.05, 0.1) is 11.2 Å². The number of ether oxygens (including phenoxy) is 1. The lowest BCUT2D eigenvalue weighted by molar-refractivity contribution is -0.150. The number of carboxylic acids is 1. The van der Waals surface area contributed by atoms with E-state index < -0.39 is 46.2 Å². The SMILES string of the molecule is CCNC(=O)C1(C(=O)NC(CCCCN(C)C)C(=O)Nc2ccc(COC(=O)N3CCN(c4cc5c(cc4F)c(=O)c(C(=O)O)cn5CC)CC3)cc2)CCC1. The number of carbonyl (C=O) groups excluding carboxylic acids is 4. The van der Waals surface area contributed by atoms with Crippen molar-refractivity contribution >= 4 is 52.1 Å². The van der Waals surface area contributed by atoms with Crippen LogP contribution in [0.25, 0.3) is 10.9 Å². The third kappa shape index (κ3) is 9.46. The lowest BCUT2D eigenvalue weighted by atomic mass is 9.67. The summed E-state index contributed by atoms with van der Waals surface area (Å²) in [6.45, 7) is 6.33. The fourth-order valence-corrected chi connectivity index (χ4v) is 7.09. The van der Waals surface area contributed by atoms with Crippen LogP contribution in [0.2, 0.25) is 0 Å². The molecule has 1 aliphatic carbocycles. The smallest absolute Gasteiger partial charge is 0.410 e. The van der Waals surface area contributed by atoms with Crippen molar-refractivity contribution in [1.29, 1.82) is 0 Å². The number of aryl methyl sites for hydroxylation is 1. The second kappa shape index (κ2) is 18.4. The lowest BCUT2D eigenvalue weighted by Crippen LogP contribution is -2.58. The third-order valence-electron chi connectivity index (χ3n) is 10.6. The van der Waals surface area contributed by atoms with E-state index in [1.54, 1.807) is 53.6 Å². The number of pyridine rings is 1. The van der Waals surface area contributed by atoms with Crippen LogP contribution in [0.15, 0.2) is 47.4 Å². The molecule has 302 valence electrons. The van der Waals surface area contributed by atoms with Gasteiger partial charge in [0.2, 0.25) is 23.2 Å². The van der Waals surface area contributed by atoms with Crippen LogP contribution in [0.3, 0.4) is 0 Å². The van der Waals surface area contributed by atoms with Gasteiger partial charge in [-0.15, -0.1) is 0 Å². The van der Waals surface area contributed by atoms with Gasteiger partial charge in [-0.25, -0.2) is 14.0 Å². The van der Waals surface area contributed by atoms with E-state index in [-0.39, 0.29) is 42.6 Å². The number of fused-ring (bicyclic) bond motifs is 1. The quantitative estimate of drug-likeness (QED) is 0.123. The number of carboxylic acid groups (broad SMARTS) is 1. The second-order valence-electron chi connectivity index (χ2n) is 14.6. The number of hydrogen-bond donors (Lipinski definition) is 4. The van der Waals surface area contributed by atoms with Gasteiger partial charge < -0.3 is 45.1 Å². The average molecular weight is 778 g/mol. The molecule has 5 rings (SSSR count). The molecule has 56 heavy (non-hydrogen) atoms. The molecule has 1 saturated heterocycles. The van der Waals surface area contributed by atoms with Gasteiger partial charge in [0, 0.05) is 56.5 Å². The van der Waals surface area contributed by atoms with E-state index in [0.29, 0.717) is 68.6 Å². The number of carbonyl (C=O) groups is 5. The lowest BCUT2D eigenvalue weighted by Gasteiger charge is -2.39. The average Bonchev–Trinajstić information content (AvgIpc) is 3.15. The Bertz CT molecular complexity index is 1990. The molecule has 1 aromatic heterocycles. The molecular formula is C40H52FN7O8. The summed E-state index contributed by atoms with van der Waals surface area (Å²) in [6.07, 6.45) is 4.32. The second-order valence-corrected chi connectivity index (χ2v) is 14.6. The number of nitrogens with one attached hydrogen (secondary N) is 3. The molecule has 15 nitrogen and oxygen atoms in total. The number of benzene rings is 2. The highest BCUT2D eigenvalue weighted by Gasteiger charge is 2.51. The number of nitrogens with zero attached hydrogens (tertiary/aromatic N) is 4. The van der Waals surface area contributed by atoms with E-state index in [0.717, 1.165) is 25.5 Å². The molecule has 1 atom stereocenters. The Morgan fingerprint density at radius 3 is 2.27 bits per heavy atom. The molecule has 2 aromatic carbocycles. The molecule has 16 heteroatoms. The normalized spacial score (nSPS) is 15.5. The minimum atomic E-state index is -1.38. The largest absolute Gasteiger partial charge is 0.477 e. The Kier molecular flexibility index (Phi) is 13.7. The van der Waals surface area contributed by atoms with E-state index in [9.17, 15) is 33.9 Å². The molecule has 1 aliphatic heterocycles. The van der Waals surface area contributed by atoms with Crippen LogP contribution in [0.1, 0.15) is 68.3 Å². The van der Waals surface area contributed by atoms with E-state index in [4.69, 9.17) is 4.74 Å². The number of hydrogen-bond acceptors (Lipinski definition) is 9. The Labute approximate surface area is 325 Å². The fraction of sp³-hybridized carbons (Fsp3) is 0.500. The van der Waals surface area contributed by atoms with E-state index in [2.05, 4.69) is 20.9 Å². The van der Waals surface area contributed by atoms with Crippen LogP contribution in [0.5, 0.6) is 0 Å². The Balaban J connectivity index is 1.15. The summed E-state index contributed by atoms with van der Waals surface area (Å²) in [5.74, 6) is -3.16. The zero-order valence-electron chi connectivity index (χ0n) is 32.5. The number of aromatic carboxylic acids is 1. The van der Waals surface area contributed by atoms with E-state index >= 15 is 4.39 Å². The Hall–Kier alpha value is -5.51. The molecule has 1 unspecified atom stereocenters. The molecule has 2 heterocycles. The fourth-order valence-electron chi connectivity index (χ4n) is 7.09. The molecule has 0 bridgehead atoms. The summed E-state index contributed by atoms with van der Waals surface area (Å²) in [5, 5.41) is 17.9. The van der Waals surface area contributed by atoms with Crippen molar-refractivity contribution in [3.63, 3.8) is 0 Å². The van der Waals surface area contributed by atoms with Gasteiger partial charge >= 0.3 is 12.1 Å². The molecular weight excluding hydrogens is 725 g/mol.